The Hall–Kier alpha value is -0.570. The minimum atomic E-state index is -0.657. The van der Waals surface area contributed by atoms with Crippen molar-refractivity contribution in [2.45, 2.75) is 19.8 Å². The second kappa shape index (κ2) is 3.72. The molecule has 3 nitrogen and oxygen atoms in total. The van der Waals surface area contributed by atoms with Gasteiger partial charge in [0, 0.05) is 6.54 Å². The summed E-state index contributed by atoms with van der Waals surface area (Å²) in [5, 5.41) is 11.8. The van der Waals surface area contributed by atoms with E-state index < -0.39 is 5.97 Å². The van der Waals surface area contributed by atoms with Crippen molar-refractivity contribution in [3.63, 3.8) is 0 Å². The van der Waals surface area contributed by atoms with Gasteiger partial charge in [0.05, 0.1) is 5.92 Å². The van der Waals surface area contributed by atoms with E-state index in [0.29, 0.717) is 12.5 Å². The quantitative estimate of drug-likeness (QED) is 0.620. The first kappa shape index (κ1) is 8.53. The first-order valence-electron chi connectivity index (χ1n) is 4.17. The molecule has 0 bridgehead atoms. The van der Waals surface area contributed by atoms with Crippen LogP contribution in [0.5, 0.6) is 0 Å². The average Bonchev–Trinajstić information content (AvgIpc) is 2.05. The van der Waals surface area contributed by atoms with Gasteiger partial charge in [-0.3, -0.25) is 4.79 Å². The largest absolute Gasteiger partial charge is 0.481 e. The summed E-state index contributed by atoms with van der Waals surface area (Å²) in [4.78, 5) is 10.6. The van der Waals surface area contributed by atoms with Gasteiger partial charge in [0.15, 0.2) is 0 Å². The topological polar surface area (TPSA) is 49.3 Å². The summed E-state index contributed by atoms with van der Waals surface area (Å²) in [7, 11) is 0. The smallest absolute Gasteiger partial charge is 0.307 e. The van der Waals surface area contributed by atoms with E-state index in [-0.39, 0.29) is 5.92 Å². The molecule has 1 aliphatic rings. The van der Waals surface area contributed by atoms with Gasteiger partial charge in [-0.2, -0.15) is 0 Å². The van der Waals surface area contributed by atoms with Crippen LogP contribution in [0.15, 0.2) is 0 Å². The molecule has 0 aromatic rings. The van der Waals surface area contributed by atoms with Crippen LogP contribution in [0.25, 0.3) is 0 Å². The molecule has 1 rings (SSSR count). The minimum absolute atomic E-state index is 0.159. The zero-order valence-electron chi connectivity index (χ0n) is 6.84. The number of piperidine rings is 1. The summed E-state index contributed by atoms with van der Waals surface area (Å²) in [6.45, 7) is 3.74. The lowest BCUT2D eigenvalue weighted by Gasteiger charge is -2.26. The highest BCUT2D eigenvalue weighted by Crippen LogP contribution is 2.18. The van der Waals surface area contributed by atoms with Crippen LogP contribution in [0, 0.1) is 11.8 Å². The zero-order valence-corrected chi connectivity index (χ0v) is 6.84. The molecule has 0 spiro atoms. The number of carboxylic acid groups (broad SMARTS) is 1. The van der Waals surface area contributed by atoms with E-state index in [1.807, 2.05) is 0 Å². The number of rotatable bonds is 2. The van der Waals surface area contributed by atoms with E-state index in [1.54, 1.807) is 0 Å². The normalized spacial score (nSPS) is 31.7. The predicted octanol–water partition coefficient (Wildman–Crippen LogP) is 0.707. The second-order valence-corrected chi connectivity index (χ2v) is 3.20. The summed E-state index contributed by atoms with van der Waals surface area (Å²) in [5.74, 6) is -0.255. The Balaban J connectivity index is 2.39. The average molecular weight is 157 g/mol. The van der Waals surface area contributed by atoms with Crippen LogP contribution in [0.1, 0.15) is 19.8 Å². The first-order chi connectivity index (χ1) is 5.24. The van der Waals surface area contributed by atoms with Gasteiger partial charge in [-0.1, -0.05) is 13.3 Å². The van der Waals surface area contributed by atoms with Gasteiger partial charge in [-0.05, 0) is 18.9 Å². The van der Waals surface area contributed by atoms with Crippen molar-refractivity contribution in [3.05, 3.63) is 0 Å². The summed E-state index contributed by atoms with van der Waals surface area (Å²) in [5.41, 5.74) is 0. The van der Waals surface area contributed by atoms with Gasteiger partial charge in [-0.25, -0.2) is 0 Å². The van der Waals surface area contributed by atoms with Crippen molar-refractivity contribution in [1.82, 2.24) is 5.32 Å². The third kappa shape index (κ3) is 2.19. The molecule has 1 fully saturated rings. The maximum atomic E-state index is 10.6. The Bertz CT molecular complexity index is 147. The molecule has 1 aliphatic heterocycles. The number of carbonyl (C=O) groups is 1. The van der Waals surface area contributed by atoms with Crippen molar-refractivity contribution < 1.29 is 9.90 Å². The summed E-state index contributed by atoms with van der Waals surface area (Å²) in [6.07, 6.45) is 1.93. The van der Waals surface area contributed by atoms with Crippen LogP contribution in [0.2, 0.25) is 0 Å². The third-order valence-corrected chi connectivity index (χ3v) is 2.37. The standard InChI is InChI=1S/C8H15NO2/c1-2-6-3-7(8(10)11)5-9-4-6/h6-7,9H,2-5H2,1H3,(H,10,11)/t6?,7-/m1/s1. The van der Waals surface area contributed by atoms with Crippen LogP contribution in [0.3, 0.4) is 0 Å². The van der Waals surface area contributed by atoms with E-state index in [0.717, 1.165) is 19.4 Å². The van der Waals surface area contributed by atoms with Gasteiger partial charge < -0.3 is 10.4 Å². The molecule has 0 radical (unpaired) electrons. The van der Waals surface area contributed by atoms with Crippen LogP contribution >= 0.6 is 0 Å². The molecule has 11 heavy (non-hydrogen) atoms. The fraction of sp³-hybridized carbons (Fsp3) is 0.875. The Morgan fingerprint density at radius 3 is 2.91 bits per heavy atom. The Morgan fingerprint density at radius 2 is 2.36 bits per heavy atom. The zero-order chi connectivity index (χ0) is 8.27. The molecule has 1 unspecified atom stereocenters. The summed E-state index contributed by atoms with van der Waals surface area (Å²) >= 11 is 0. The summed E-state index contributed by atoms with van der Waals surface area (Å²) in [6, 6.07) is 0. The Kier molecular flexibility index (Phi) is 2.88. The van der Waals surface area contributed by atoms with E-state index >= 15 is 0 Å². The number of aliphatic carboxylic acids is 1. The lowest BCUT2D eigenvalue weighted by molar-refractivity contribution is -0.142. The molecule has 2 N–H and O–H groups in total. The van der Waals surface area contributed by atoms with Gasteiger partial charge in [0.1, 0.15) is 0 Å². The van der Waals surface area contributed by atoms with Gasteiger partial charge in [0.2, 0.25) is 0 Å². The highest BCUT2D eigenvalue weighted by molar-refractivity contribution is 5.70. The van der Waals surface area contributed by atoms with Gasteiger partial charge >= 0.3 is 5.97 Å². The van der Waals surface area contributed by atoms with Crippen molar-refractivity contribution >= 4 is 5.97 Å². The lowest BCUT2D eigenvalue weighted by Crippen LogP contribution is -2.39. The van der Waals surface area contributed by atoms with Crippen molar-refractivity contribution in [2.75, 3.05) is 13.1 Å². The molecule has 64 valence electrons. The fourth-order valence-corrected chi connectivity index (χ4v) is 1.53. The van der Waals surface area contributed by atoms with E-state index in [1.165, 1.54) is 0 Å². The molecular weight excluding hydrogens is 142 g/mol. The molecule has 3 heteroatoms. The molecule has 1 heterocycles. The highest BCUT2D eigenvalue weighted by atomic mass is 16.4. The van der Waals surface area contributed by atoms with Crippen molar-refractivity contribution in [2.24, 2.45) is 11.8 Å². The van der Waals surface area contributed by atoms with Gasteiger partial charge in [0.25, 0.3) is 0 Å². The highest BCUT2D eigenvalue weighted by Gasteiger charge is 2.25. The third-order valence-electron chi connectivity index (χ3n) is 2.37. The van der Waals surface area contributed by atoms with Crippen LogP contribution in [0.4, 0.5) is 0 Å². The molecular formula is C8H15NO2. The molecule has 1 saturated heterocycles. The van der Waals surface area contributed by atoms with Gasteiger partial charge in [-0.15, -0.1) is 0 Å². The molecule has 0 aliphatic carbocycles. The number of nitrogens with one attached hydrogen (secondary N) is 1. The molecule has 0 aromatic heterocycles. The van der Waals surface area contributed by atoms with E-state index in [9.17, 15) is 4.79 Å². The van der Waals surface area contributed by atoms with Crippen molar-refractivity contribution in [3.8, 4) is 0 Å². The minimum Gasteiger partial charge on any atom is -0.481 e. The number of hydrogen-bond donors (Lipinski definition) is 2. The molecule has 2 atom stereocenters. The number of hydrogen-bond acceptors (Lipinski definition) is 2. The molecule has 0 aromatic carbocycles. The fourth-order valence-electron chi connectivity index (χ4n) is 1.53. The number of carboxylic acids is 1. The Labute approximate surface area is 66.8 Å². The monoisotopic (exact) mass is 157 g/mol. The SMILES string of the molecule is CCC1CNC[C@H](C(=O)O)C1. The maximum absolute atomic E-state index is 10.6. The summed E-state index contributed by atoms with van der Waals surface area (Å²) < 4.78 is 0. The van der Waals surface area contributed by atoms with Crippen LogP contribution < -0.4 is 5.32 Å². The van der Waals surface area contributed by atoms with Crippen LogP contribution in [-0.2, 0) is 4.79 Å². The van der Waals surface area contributed by atoms with Crippen molar-refractivity contribution in [1.29, 1.82) is 0 Å². The predicted molar refractivity (Wildman–Crippen MR) is 42.4 cm³/mol. The lowest BCUT2D eigenvalue weighted by atomic mass is 9.89. The first-order valence-corrected chi connectivity index (χ1v) is 4.17. The van der Waals surface area contributed by atoms with E-state index in [4.69, 9.17) is 5.11 Å². The molecule has 0 saturated carbocycles. The van der Waals surface area contributed by atoms with E-state index in [2.05, 4.69) is 12.2 Å². The molecule has 0 amide bonds. The second-order valence-electron chi connectivity index (χ2n) is 3.20. The maximum Gasteiger partial charge on any atom is 0.307 e. The Morgan fingerprint density at radius 1 is 1.64 bits per heavy atom. The van der Waals surface area contributed by atoms with Crippen LogP contribution in [-0.4, -0.2) is 24.2 Å².